The lowest BCUT2D eigenvalue weighted by Crippen LogP contribution is -2.23. The minimum Gasteiger partial charge on any atom is -0.453 e. The Morgan fingerprint density at radius 1 is 0.510 bits per heavy atom. The van der Waals surface area contributed by atoms with E-state index in [1.54, 1.807) is 0 Å². The van der Waals surface area contributed by atoms with Gasteiger partial charge < -0.3 is 14.5 Å². The van der Waals surface area contributed by atoms with Crippen LogP contribution in [0.25, 0.3) is 0 Å². The monoisotopic (exact) mass is 650 g/mol. The SMILES string of the molecule is CCc1cc(N(c2ccc(N3c4ccccc4Oc4ccccc43)cc2)c2ccc(C(C)(CC)CC)c(CC)c2)ccc1C(C)(CC)CC. The Kier molecular flexibility index (Phi) is 9.93. The minimum absolute atomic E-state index is 0.170. The number of para-hydroxylation sites is 4. The van der Waals surface area contributed by atoms with Crippen molar-refractivity contribution in [1.82, 2.24) is 0 Å². The summed E-state index contributed by atoms with van der Waals surface area (Å²) in [6.07, 6.45) is 6.53. The van der Waals surface area contributed by atoms with Crippen LogP contribution < -0.4 is 14.5 Å². The summed E-state index contributed by atoms with van der Waals surface area (Å²) in [5.74, 6) is 1.73. The standard InChI is InChI=1S/C46H54N2O/c1-9-33-31-37(27-29-39(33)45(7,11-3)12-4)47(38-28-30-40(34(10-2)32-38)46(8,13-5)14-6)35-23-25-36(26-24-35)48-41-19-15-17-21-43(41)49-44-22-18-16-20-42(44)48/h15-32H,9-14H2,1-8H3. The molecule has 6 rings (SSSR count). The van der Waals surface area contributed by atoms with Gasteiger partial charge in [0.25, 0.3) is 0 Å². The first kappa shape index (κ1) is 34.4. The average Bonchev–Trinajstić information content (AvgIpc) is 3.16. The lowest BCUT2D eigenvalue weighted by Gasteiger charge is -2.34. The molecule has 1 aliphatic rings. The maximum absolute atomic E-state index is 6.30. The molecule has 0 spiro atoms. The van der Waals surface area contributed by atoms with Crippen molar-refractivity contribution in [3.8, 4) is 11.5 Å². The van der Waals surface area contributed by atoms with Crippen LogP contribution in [0.3, 0.4) is 0 Å². The van der Waals surface area contributed by atoms with E-state index in [1.807, 2.05) is 24.3 Å². The molecule has 5 aromatic rings. The molecule has 1 aliphatic heterocycles. The van der Waals surface area contributed by atoms with Gasteiger partial charge >= 0.3 is 0 Å². The zero-order chi connectivity index (χ0) is 34.8. The number of ether oxygens (including phenoxy) is 1. The Morgan fingerprint density at radius 3 is 1.33 bits per heavy atom. The highest BCUT2D eigenvalue weighted by Crippen LogP contribution is 2.51. The van der Waals surface area contributed by atoms with Gasteiger partial charge in [0.1, 0.15) is 0 Å². The van der Waals surface area contributed by atoms with Crippen molar-refractivity contribution < 1.29 is 4.74 Å². The second kappa shape index (κ2) is 14.2. The minimum atomic E-state index is 0.170. The van der Waals surface area contributed by atoms with Crippen LogP contribution in [0.1, 0.15) is 103 Å². The molecule has 49 heavy (non-hydrogen) atoms. The molecule has 5 aromatic carbocycles. The van der Waals surface area contributed by atoms with Crippen molar-refractivity contribution in [3.63, 3.8) is 0 Å². The van der Waals surface area contributed by atoms with E-state index in [4.69, 9.17) is 4.74 Å². The van der Waals surface area contributed by atoms with Crippen LogP contribution in [0, 0.1) is 0 Å². The molecule has 0 atom stereocenters. The van der Waals surface area contributed by atoms with E-state index in [9.17, 15) is 0 Å². The summed E-state index contributed by atoms with van der Waals surface area (Å²) in [7, 11) is 0. The van der Waals surface area contributed by atoms with Crippen molar-refractivity contribution in [2.75, 3.05) is 9.80 Å². The van der Waals surface area contributed by atoms with Crippen LogP contribution in [0.15, 0.2) is 109 Å². The molecule has 0 N–H and O–H groups in total. The molecule has 3 heteroatoms. The lowest BCUT2D eigenvalue weighted by molar-refractivity contribution is 0.435. The smallest absolute Gasteiger partial charge is 0.151 e. The van der Waals surface area contributed by atoms with E-state index in [2.05, 4.69) is 150 Å². The Morgan fingerprint density at radius 2 is 0.918 bits per heavy atom. The maximum atomic E-state index is 6.30. The quantitative estimate of drug-likeness (QED) is 0.131. The number of anilines is 6. The Bertz CT molecular complexity index is 1780. The number of fused-ring (bicyclic) bond motifs is 2. The lowest BCUT2D eigenvalue weighted by atomic mass is 9.75. The summed E-state index contributed by atoms with van der Waals surface area (Å²) in [4.78, 5) is 4.77. The molecule has 0 radical (unpaired) electrons. The van der Waals surface area contributed by atoms with Gasteiger partial charge in [0.05, 0.1) is 11.4 Å². The maximum Gasteiger partial charge on any atom is 0.151 e. The summed E-state index contributed by atoms with van der Waals surface area (Å²) in [5, 5.41) is 0. The highest BCUT2D eigenvalue weighted by Gasteiger charge is 2.29. The zero-order valence-electron chi connectivity index (χ0n) is 30.9. The molecule has 0 bridgehead atoms. The van der Waals surface area contributed by atoms with Gasteiger partial charge in [-0.25, -0.2) is 0 Å². The molecular weight excluding hydrogens is 597 g/mol. The predicted molar refractivity (Wildman–Crippen MR) is 211 cm³/mol. The summed E-state index contributed by atoms with van der Waals surface area (Å²) in [6, 6.07) is 40.0. The van der Waals surface area contributed by atoms with Crippen molar-refractivity contribution >= 4 is 34.1 Å². The largest absolute Gasteiger partial charge is 0.453 e. The summed E-state index contributed by atoms with van der Waals surface area (Å²) >= 11 is 0. The first-order chi connectivity index (χ1) is 23.7. The third kappa shape index (κ3) is 6.25. The van der Waals surface area contributed by atoms with Gasteiger partial charge in [-0.3, -0.25) is 0 Å². The third-order valence-corrected chi connectivity index (χ3v) is 11.7. The van der Waals surface area contributed by atoms with Crippen LogP contribution in [-0.2, 0) is 23.7 Å². The number of hydrogen-bond acceptors (Lipinski definition) is 3. The fraction of sp³-hybridized carbons (Fsp3) is 0.348. The summed E-state index contributed by atoms with van der Waals surface area (Å²) in [6.45, 7) is 18.7. The zero-order valence-corrected chi connectivity index (χ0v) is 30.9. The van der Waals surface area contributed by atoms with Gasteiger partial charge in [0, 0.05) is 22.7 Å². The predicted octanol–water partition coefficient (Wildman–Crippen LogP) is 14.0. The highest BCUT2D eigenvalue weighted by atomic mass is 16.5. The van der Waals surface area contributed by atoms with Crippen molar-refractivity contribution in [2.45, 2.75) is 105 Å². The number of aryl methyl sites for hydroxylation is 2. The van der Waals surface area contributed by atoms with Crippen LogP contribution in [0.5, 0.6) is 11.5 Å². The molecule has 1 heterocycles. The van der Waals surface area contributed by atoms with E-state index >= 15 is 0 Å². The summed E-state index contributed by atoms with van der Waals surface area (Å²) < 4.78 is 6.30. The highest BCUT2D eigenvalue weighted by molar-refractivity contribution is 5.87. The molecular formula is C46H54N2O. The number of nitrogens with zero attached hydrogens (tertiary/aromatic N) is 2. The first-order valence-electron chi connectivity index (χ1n) is 18.6. The van der Waals surface area contributed by atoms with Crippen LogP contribution >= 0.6 is 0 Å². The molecule has 0 saturated heterocycles. The average molecular weight is 651 g/mol. The summed E-state index contributed by atoms with van der Waals surface area (Å²) in [5.41, 5.74) is 12.9. The van der Waals surface area contributed by atoms with Gasteiger partial charge in [-0.2, -0.15) is 0 Å². The number of benzene rings is 5. The van der Waals surface area contributed by atoms with Crippen molar-refractivity contribution in [2.24, 2.45) is 0 Å². The van der Waals surface area contributed by atoms with Gasteiger partial charge in [-0.15, -0.1) is 0 Å². The molecule has 254 valence electrons. The van der Waals surface area contributed by atoms with E-state index < -0.39 is 0 Å². The molecule has 0 unspecified atom stereocenters. The third-order valence-electron chi connectivity index (χ3n) is 11.7. The van der Waals surface area contributed by atoms with Gasteiger partial charge in [-0.1, -0.05) is 91.8 Å². The van der Waals surface area contributed by atoms with Crippen LogP contribution in [0.4, 0.5) is 34.1 Å². The van der Waals surface area contributed by atoms with Crippen molar-refractivity contribution in [1.29, 1.82) is 0 Å². The molecule has 3 nitrogen and oxygen atoms in total. The fourth-order valence-corrected chi connectivity index (χ4v) is 7.64. The van der Waals surface area contributed by atoms with E-state index in [-0.39, 0.29) is 10.8 Å². The molecule has 0 aliphatic carbocycles. The van der Waals surface area contributed by atoms with Gasteiger partial charge in [-0.05, 0) is 144 Å². The van der Waals surface area contributed by atoms with Crippen molar-refractivity contribution in [3.05, 3.63) is 131 Å². The topological polar surface area (TPSA) is 15.7 Å². The molecule has 0 saturated carbocycles. The normalized spacial score (nSPS) is 12.7. The van der Waals surface area contributed by atoms with E-state index in [0.717, 1.165) is 72.8 Å². The van der Waals surface area contributed by atoms with E-state index in [1.165, 1.54) is 33.6 Å². The number of rotatable bonds is 12. The van der Waals surface area contributed by atoms with Crippen LogP contribution in [0.2, 0.25) is 0 Å². The Balaban J connectivity index is 1.50. The molecule has 0 aromatic heterocycles. The van der Waals surface area contributed by atoms with Gasteiger partial charge in [0.15, 0.2) is 11.5 Å². The molecule has 0 fully saturated rings. The second-order valence-corrected chi connectivity index (χ2v) is 14.2. The second-order valence-electron chi connectivity index (χ2n) is 14.2. The Labute approximate surface area is 295 Å². The number of hydrogen-bond donors (Lipinski definition) is 0. The fourth-order valence-electron chi connectivity index (χ4n) is 7.64. The first-order valence-corrected chi connectivity index (χ1v) is 18.6. The van der Waals surface area contributed by atoms with Crippen LogP contribution in [-0.4, -0.2) is 0 Å². The van der Waals surface area contributed by atoms with E-state index in [0.29, 0.717) is 0 Å². The molecule has 0 amide bonds. The van der Waals surface area contributed by atoms with Gasteiger partial charge in [0.2, 0.25) is 0 Å². The Hall–Kier alpha value is -4.50.